The van der Waals surface area contributed by atoms with Crippen molar-refractivity contribution in [1.82, 2.24) is 9.80 Å². The molecule has 0 aromatic heterocycles. The number of likely N-dealkylation sites (tertiary alicyclic amines) is 2. The first kappa shape index (κ1) is 33.4. The molecule has 228 valence electrons. The minimum Gasteiger partial charge on any atom is -0.299 e. The van der Waals surface area contributed by atoms with Gasteiger partial charge < -0.3 is 0 Å². The number of rotatable bonds is 9. The van der Waals surface area contributed by atoms with Gasteiger partial charge >= 0.3 is 0 Å². The van der Waals surface area contributed by atoms with Crippen LogP contribution in [0.5, 0.6) is 0 Å². The van der Waals surface area contributed by atoms with Crippen LogP contribution in [0.15, 0.2) is 121 Å². The third-order valence-corrected chi connectivity index (χ3v) is 9.99. The second-order valence-corrected chi connectivity index (χ2v) is 12.8. The lowest BCUT2D eigenvalue weighted by Crippen LogP contribution is -2.43. The predicted molar refractivity (Wildman–Crippen MR) is 192 cm³/mol. The molecule has 0 radical (unpaired) electrons. The van der Waals surface area contributed by atoms with Crippen LogP contribution < -0.4 is 0 Å². The van der Waals surface area contributed by atoms with Crippen LogP contribution in [-0.2, 0) is 6.42 Å². The number of benzene rings is 4. The standard InChI is InChI=1S/C20H25NS.C18H21NS.CH4/c22-20(18-12-6-2-7-13-18)19(21-14-8-3-9-15-21)16-17-10-4-1-5-11-17;20-18(16-11-5-2-6-12-16)17(19-13-7-8-14-19)15-9-3-1-4-10-15;/h1-2,4-7,10-13,19-20,22H,3,8-9,14-16H2;1-6,9-12,17-18,20H,7-8,13-14H2;1H4/t19-,20+;17-,18+;/m00./s1. The van der Waals surface area contributed by atoms with Gasteiger partial charge in [-0.1, -0.05) is 135 Å². The van der Waals surface area contributed by atoms with E-state index in [1.807, 2.05) is 0 Å². The summed E-state index contributed by atoms with van der Waals surface area (Å²) in [4.78, 5) is 5.24. The summed E-state index contributed by atoms with van der Waals surface area (Å²) >= 11 is 9.97. The highest BCUT2D eigenvalue weighted by molar-refractivity contribution is 7.80. The maximum absolute atomic E-state index is 5.01. The van der Waals surface area contributed by atoms with E-state index in [1.165, 1.54) is 80.5 Å². The molecule has 4 aromatic carbocycles. The summed E-state index contributed by atoms with van der Waals surface area (Å²) in [5, 5.41) is 0.483. The second kappa shape index (κ2) is 17.7. The van der Waals surface area contributed by atoms with Gasteiger partial charge in [0, 0.05) is 16.5 Å². The van der Waals surface area contributed by atoms with Crippen LogP contribution in [0.2, 0.25) is 0 Å². The molecule has 0 amide bonds. The Morgan fingerprint density at radius 2 is 0.860 bits per heavy atom. The molecule has 4 atom stereocenters. The molecule has 0 unspecified atom stereocenters. The molecule has 0 saturated carbocycles. The zero-order valence-corrected chi connectivity index (χ0v) is 26.5. The number of thiol groups is 2. The average Bonchev–Trinajstić information content (AvgIpc) is 3.60. The van der Waals surface area contributed by atoms with Crippen LogP contribution in [0.3, 0.4) is 0 Å². The third-order valence-electron chi connectivity index (χ3n) is 8.77. The van der Waals surface area contributed by atoms with Crippen LogP contribution in [0.1, 0.15) is 78.3 Å². The van der Waals surface area contributed by atoms with E-state index in [0.717, 1.165) is 6.42 Å². The number of piperidine rings is 1. The van der Waals surface area contributed by atoms with E-state index in [4.69, 9.17) is 25.3 Å². The number of hydrogen-bond donors (Lipinski definition) is 2. The van der Waals surface area contributed by atoms with Gasteiger partial charge in [-0.2, -0.15) is 25.3 Å². The summed E-state index contributed by atoms with van der Waals surface area (Å²) in [5.74, 6) is 0. The van der Waals surface area contributed by atoms with Crippen LogP contribution >= 0.6 is 25.3 Å². The number of hydrogen-bond acceptors (Lipinski definition) is 4. The Morgan fingerprint density at radius 3 is 1.37 bits per heavy atom. The molecular weight excluding hydrogens is 561 g/mol. The molecule has 43 heavy (non-hydrogen) atoms. The Labute approximate surface area is 272 Å². The van der Waals surface area contributed by atoms with Crippen molar-refractivity contribution in [3.63, 3.8) is 0 Å². The summed E-state index contributed by atoms with van der Waals surface area (Å²) in [5.41, 5.74) is 5.42. The maximum Gasteiger partial charge on any atom is 0.0505 e. The van der Waals surface area contributed by atoms with Crippen molar-refractivity contribution in [3.8, 4) is 0 Å². The Balaban J connectivity index is 0.000000193. The normalized spacial score (nSPS) is 18.4. The van der Waals surface area contributed by atoms with Gasteiger partial charge in [-0.15, -0.1) is 0 Å². The molecule has 0 spiro atoms. The fraction of sp³-hybridized carbons (Fsp3) is 0.385. The van der Waals surface area contributed by atoms with Crippen LogP contribution in [0.4, 0.5) is 0 Å². The van der Waals surface area contributed by atoms with E-state index in [-0.39, 0.29) is 17.9 Å². The highest BCUT2D eigenvalue weighted by atomic mass is 32.1. The van der Waals surface area contributed by atoms with Gasteiger partial charge in [-0.05, 0) is 80.5 Å². The topological polar surface area (TPSA) is 6.48 Å². The molecular formula is C39H50N2S2. The van der Waals surface area contributed by atoms with Crippen molar-refractivity contribution < 1.29 is 0 Å². The van der Waals surface area contributed by atoms with Gasteiger partial charge in [0.05, 0.1) is 6.04 Å². The molecule has 0 N–H and O–H groups in total. The summed E-state index contributed by atoms with van der Waals surface area (Å²) in [6, 6.07) is 43.9. The van der Waals surface area contributed by atoms with Gasteiger partial charge in [0.1, 0.15) is 0 Å². The monoisotopic (exact) mass is 610 g/mol. The zero-order chi connectivity index (χ0) is 29.0. The Hall–Kier alpha value is -2.50. The van der Waals surface area contributed by atoms with Crippen molar-refractivity contribution in [2.24, 2.45) is 0 Å². The van der Waals surface area contributed by atoms with Crippen LogP contribution in [0.25, 0.3) is 0 Å². The van der Waals surface area contributed by atoms with E-state index in [9.17, 15) is 0 Å². The first-order valence-corrected chi connectivity index (χ1v) is 16.8. The van der Waals surface area contributed by atoms with E-state index in [1.54, 1.807) is 0 Å². The highest BCUT2D eigenvalue weighted by Gasteiger charge is 2.30. The lowest BCUT2D eigenvalue weighted by Gasteiger charge is -2.38. The fourth-order valence-electron chi connectivity index (χ4n) is 6.51. The van der Waals surface area contributed by atoms with Gasteiger partial charge in [0.25, 0.3) is 0 Å². The quantitative estimate of drug-likeness (QED) is 0.182. The van der Waals surface area contributed by atoms with E-state index < -0.39 is 0 Å². The zero-order valence-electron chi connectivity index (χ0n) is 24.7. The SMILES string of the molecule is C.S[C@H](c1ccccc1)[C@H](Cc1ccccc1)N1CCCCC1.S[C@H](c1ccccc1)[C@H](c1ccccc1)N1CCCC1. The Morgan fingerprint density at radius 1 is 0.465 bits per heavy atom. The van der Waals surface area contributed by atoms with Gasteiger partial charge in [-0.25, -0.2) is 0 Å². The van der Waals surface area contributed by atoms with Gasteiger partial charge in [0.2, 0.25) is 0 Å². The molecule has 0 bridgehead atoms. The summed E-state index contributed by atoms with van der Waals surface area (Å²) < 4.78 is 0. The fourth-order valence-corrected chi connectivity index (χ4v) is 7.51. The van der Waals surface area contributed by atoms with Crippen molar-refractivity contribution in [3.05, 3.63) is 144 Å². The third kappa shape index (κ3) is 9.49. The first-order chi connectivity index (χ1) is 20.7. The van der Waals surface area contributed by atoms with Crippen molar-refractivity contribution >= 4 is 25.3 Å². The van der Waals surface area contributed by atoms with Crippen molar-refractivity contribution in [1.29, 1.82) is 0 Å². The Bertz CT molecular complexity index is 1270. The molecule has 2 aliphatic heterocycles. The van der Waals surface area contributed by atoms with Crippen LogP contribution in [0, 0.1) is 0 Å². The Kier molecular flexibility index (Phi) is 13.8. The summed E-state index contributed by atoms with van der Waals surface area (Å²) in [6.07, 6.45) is 7.69. The average molecular weight is 611 g/mol. The molecule has 2 saturated heterocycles. The largest absolute Gasteiger partial charge is 0.299 e. The van der Waals surface area contributed by atoms with Gasteiger partial charge in [0.15, 0.2) is 0 Å². The van der Waals surface area contributed by atoms with Gasteiger partial charge in [-0.3, -0.25) is 9.80 Å². The first-order valence-electron chi connectivity index (χ1n) is 15.7. The molecule has 2 nitrogen and oxygen atoms in total. The summed E-state index contributed by atoms with van der Waals surface area (Å²) in [7, 11) is 0. The molecule has 0 aliphatic carbocycles. The molecule has 4 heteroatoms. The minimum atomic E-state index is 0. The smallest absolute Gasteiger partial charge is 0.0505 e. The van der Waals surface area contributed by atoms with E-state index in [2.05, 4.69) is 131 Å². The molecule has 6 rings (SSSR count). The van der Waals surface area contributed by atoms with Crippen LogP contribution in [-0.4, -0.2) is 42.0 Å². The van der Waals surface area contributed by atoms with Crippen molar-refractivity contribution in [2.75, 3.05) is 26.2 Å². The lowest BCUT2D eigenvalue weighted by molar-refractivity contribution is 0.159. The molecule has 2 fully saturated rings. The summed E-state index contributed by atoms with van der Waals surface area (Å²) in [6.45, 7) is 4.79. The number of nitrogens with zero attached hydrogens (tertiary/aromatic N) is 2. The van der Waals surface area contributed by atoms with E-state index in [0.29, 0.717) is 12.1 Å². The lowest BCUT2D eigenvalue weighted by atomic mass is 9.95. The molecule has 4 aromatic rings. The molecule has 2 aliphatic rings. The molecule has 2 heterocycles. The van der Waals surface area contributed by atoms with E-state index >= 15 is 0 Å². The van der Waals surface area contributed by atoms with Crippen molar-refractivity contribution in [2.45, 2.75) is 68.5 Å². The minimum absolute atomic E-state index is 0. The maximum atomic E-state index is 5.01. The predicted octanol–water partition coefficient (Wildman–Crippen LogP) is 9.89. The second-order valence-electron chi connectivity index (χ2n) is 11.7. The highest BCUT2D eigenvalue weighted by Crippen LogP contribution is 2.40.